The first-order chi connectivity index (χ1) is 14.4. The topological polar surface area (TPSA) is 59.1 Å². The van der Waals surface area contributed by atoms with E-state index < -0.39 is 0 Å². The van der Waals surface area contributed by atoms with Gasteiger partial charge in [-0.3, -0.25) is 9.59 Å². The number of hydrogen-bond donors (Lipinski definition) is 0. The van der Waals surface area contributed by atoms with E-state index in [1.54, 1.807) is 32.4 Å². The van der Waals surface area contributed by atoms with Crippen LogP contribution in [-0.4, -0.2) is 44.0 Å². The maximum absolute atomic E-state index is 13.7. The summed E-state index contributed by atoms with van der Waals surface area (Å²) < 4.78 is 10.7. The van der Waals surface area contributed by atoms with Crippen molar-refractivity contribution < 1.29 is 19.1 Å². The molecule has 0 bridgehead atoms. The number of hydrogen-bond acceptors (Lipinski definition) is 6. The highest BCUT2D eigenvalue weighted by Crippen LogP contribution is 2.40. The standard InChI is InChI=1S/C23H26N2O4S/c1-14-8-15(2)13-24(12-14)21-20(19-6-5-7-30-19)22(26)25(23(21)27)16-9-17(28-3)11-18(10-16)29-4/h5-7,9-11,14-15H,8,12-13H2,1-4H3. The van der Waals surface area contributed by atoms with E-state index in [9.17, 15) is 9.59 Å². The fourth-order valence-corrected chi connectivity index (χ4v) is 5.22. The Balaban J connectivity index is 1.81. The zero-order valence-electron chi connectivity index (χ0n) is 17.7. The maximum atomic E-state index is 13.7. The molecule has 0 aliphatic carbocycles. The van der Waals surface area contributed by atoms with Crippen molar-refractivity contribution >= 4 is 34.4 Å². The van der Waals surface area contributed by atoms with Crippen molar-refractivity contribution in [3.8, 4) is 11.5 Å². The highest BCUT2D eigenvalue weighted by molar-refractivity contribution is 7.11. The van der Waals surface area contributed by atoms with E-state index in [-0.39, 0.29) is 11.8 Å². The van der Waals surface area contributed by atoms with Crippen molar-refractivity contribution in [2.75, 3.05) is 32.2 Å². The predicted octanol–water partition coefficient (Wildman–Crippen LogP) is 4.03. The van der Waals surface area contributed by atoms with Gasteiger partial charge in [0.05, 0.1) is 25.5 Å². The van der Waals surface area contributed by atoms with E-state index in [1.165, 1.54) is 16.2 Å². The monoisotopic (exact) mass is 426 g/mol. The lowest BCUT2D eigenvalue weighted by Crippen LogP contribution is -2.42. The number of piperidine rings is 1. The maximum Gasteiger partial charge on any atom is 0.282 e. The first kappa shape index (κ1) is 20.5. The van der Waals surface area contributed by atoms with Gasteiger partial charge in [-0.05, 0) is 29.7 Å². The Morgan fingerprint density at radius 3 is 2.13 bits per heavy atom. The van der Waals surface area contributed by atoms with Crippen molar-refractivity contribution in [3.05, 3.63) is 46.3 Å². The molecular formula is C23H26N2O4S. The molecule has 2 amide bonds. The third-order valence-electron chi connectivity index (χ3n) is 5.61. The fraction of sp³-hybridized carbons (Fsp3) is 0.391. The van der Waals surface area contributed by atoms with Crippen LogP contribution in [0.15, 0.2) is 41.4 Å². The zero-order chi connectivity index (χ0) is 21.4. The largest absolute Gasteiger partial charge is 0.497 e. The second-order valence-electron chi connectivity index (χ2n) is 8.07. The van der Waals surface area contributed by atoms with Crippen molar-refractivity contribution in [2.45, 2.75) is 20.3 Å². The van der Waals surface area contributed by atoms with Crippen LogP contribution in [-0.2, 0) is 9.59 Å². The average molecular weight is 427 g/mol. The van der Waals surface area contributed by atoms with Crippen LogP contribution in [0.2, 0.25) is 0 Å². The highest BCUT2D eigenvalue weighted by atomic mass is 32.1. The summed E-state index contributed by atoms with van der Waals surface area (Å²) in [5.41, 5.74) is 1.43. The van der Waals surface area contributed by atoms with Gasteiger partial charge in [0.2, 0.25) is 0 Å². The predicted molar refractivity (Wildman–Crippen MR) is 118 cm³/mol. The fourth-order valence-electron chi connectivity index (χ4n) is 4.46. The summed E-state index contributed by atoms with van der Waals surface area (Å²) in [6, 6.07) is 8.90. The molecule has 30 heavy (non-hydrogen) atoms. The van der Waals surface area contributed by atoms with Crippen LogP contribution in [0.25, 0.3) is 5.57 Å². The van der Waals surface area contributed by atoms with Crippen LogP contribution >= 0.6 is 11.3 Å². The number of benzene rings is 1. The summed E-state index contributed by atoms with van der Waals surface area (Å²) in [5.74, 6) is 1.37. The lowest BCUT2D eigenvalue weighted by Gasteiger charge is -2.37. The number of carbonyl (C=O) groups excluding carboxylic acids is 2. The Hall–Kier alpha value is -2.80. The van der Waals surface area contributed by atoms with Crippen LogP contribution < -0.4 is 14.4 Å². The normalized spacial score (nSPS) is 22.1. The molecule has 0 spiro atoms. The molecule has 1 saturated heterocycles. The molecular weight excluding hydrogens is 400 g/mol. The minimum absolute atomic E-state index is 0.292. The molecule has 0 N–H and O–H groups in total. The van der Waals surface area contributed by atoms with Crippen molar-refractivity contribution in [1.82, 2.24) is 4.90 Å². The summed E-state index contributed by atoms with van der Waals surface area (Å²) in [7, 11) is 3.09. The average Bonchev–Trinajstić information content (AvgIpc) is 3.32. The Bertz CT molecular complexity index is 966. The van der Waals surface area contributed by atoms with Gasteiger partial charge < -0.3 is 14.4 Å². The number of methoxy groups -OCH3 is 2. The van der Waals surface area contributed by atoms with Crippen LogP contribution in [0.4, 0.5) is 5.69 Å². The number of ether oxygens (including phenoxy) is 2. The van der Waals surface area contributed by atoms with Crippen LogP contribution in [0.3, 0.4) is 0 Å². The lowest BCUT2D eigenvalue weighted by molar-refractivity contribution is -0.120. The Morgan fingerprint density at radius 2 is 1.60 bits per heavy atom. The van der Waals surface area contributed by atoms with Crippen molar-refractivity contribution in [2.24, 2.45) is 11.8 Å². The SMILES string of the molecule is COc1cc(OC)cc(N2C(=O)C(c3cccs3)=C(N3CC(C)CC(C)C3)C2=O)c1. The minimum atomic E-state index is -0.307. The van der Waals surface area contributed by atoms with Gasteiger partial charge in [0.25, 0.3) is 11.8 Å². The lowest BCUT2D eigenvalue weighted by atomic mass is 9.91. The van der Waals surface area contributed by atoms with E-state index in [2.05, 4.69) is 18.7 Å². The van der Waals surface area contributed by atoms with Gasteiger partial charge in [-0.15, -0.1) is 11.3 Å². The smallest absolute Gasteiger partial charge is 0.282 e. The van der Waals surface area contributed by atoms with Crippen LogP contribution in [0.1, 0.15) is 25.1 Å². The zero-order valence-corrected chi connectivity index (χ0v) is 18.5. The minimum Gasteiger partial charge on any atom is -0.497 e. The molecule has 1 fully saturated rings. The van der Waals surface area contributed by atoms with Gasteiger partial charge in [-0.25, -0.2) is 4.90 Å². The molecule has 3 heterocycles. The molecule has 1 aromatic heterocycles. The van der Waals surface area contributed by atoms with Crippen LogP contribution in [0, 0.1) is 11.8 Å². The number of carbonyl (C=O) groups is 2. The third kappa shape index (κ3) is 3.58. The number of amides is 2. The van der Waals surface area contributed by atoms with Crippen LogP contribution in [0.5, 0.6) is 11.5 Å². The molecule has 2 aliphatic rings. The van der Waals surface area contributed by atoms with Gasteiger partial charge in [-0.2, -0.15) is 0 Å². The Labute approximate surface area is 180 Å². The quantitative estimate of drug-likeness (QED) is 0.676. The molecule has 2 unspecified atom stereocenters. The van der Waals surface area contributed by atoms with Gasteiger partial charge in [0, 0.05) is 36.2 Å². The van der Waals surface area contributed by atoms with Gasteiger partial charge in [-0.1, -0.05) is 19.9 Å². The molecule has 0 radical (unpaired) electrons. The third-order valence-corrected chi connectivity index (χ3v) is 6.49. The Morgan fingerprint density at radius 1 is 0.967 bits per heavy atom. The molecule has 2 aliphatic heterocycles. The second kappa shape index (κ2) is 8.14. The first-order valence-corrected chi connectivity index (χ1v) is 11.0. The second-order valence-corrected chi connectivity index (χ2v) is 9.02. The van der Waals surface area contributed by atoms with E-state index >= 15 is 0 Å². The molecule has 0 saturated carbocycles. The van der Waals surface area contributed by atoms with Gasteiger partial charge in [0.1, 0.15) is 17.2 Å². The van der Waals surface area contributed by atoms with Crippen molar-refractivity contribution in [1.29, 1.82) is 0 Å². The van der Waals surface area contributed by atoms with Crippen molar-refractivity contribution in [3.63, 3.8) is 0 Å². The molecule has 158 valence electrons. The number of imide groups is 1. The molecule has 4 rings (SSSR count). The number of thiophene rings is 1. The van der Waals surface area contributed by atoms with E-state index in [0.29, 0.717) is 40.3 Å². The number of rotatable bonds is 5. The number of likely N-dealkylation sites (tertiary alicyclic amines) is 1. The first-order valence-electron chi connectivity index (χ1n) is 10.1. The van der Waals surface area contributed by atoms with Gasteiger partial charge in [0.15, 0.2) is 0 Å². The molecule has 6 nitrogen and oxygen atoms in total. The van der Waals surface area contributed by atoms with E-state index in [0.717, 1.165) is 24.4 Å². The summed E-state index contributed by atoms with van der Waals surface area (Å²) in [5, 5.41) is 1.93. The molecule has 2 aromatic rings. The summed E-state index contributed by atoms with van der Waals surface area (Å²) in [6.07, 6.45) is 1.12. The van der Waals surface area contributed by atoms with E-state index in [1.807, 2.05) is 17.5 Å². The summed E-state index contributed by atoms with van der Waals surface area (Å²) in [6.45, 7) is 5.92. The number of nitrogens with zero attached hydrogens (tertiary/aromatic N) is 2. The molecule has 1 aromatic carbocycles. The number of anilines is 1. The molecule has 2 atom stereocenters. The molecule has 7 heteroatoms. The van der Waals surface area contributed by atoms with Gasteiger partial charge >= 0.3 is 0 Å². The van der Waals surface area contributed by atoms with E-state index in [4.69, 9.17) is 9.47 Å². The summed E-state index contributed by atoms with van der Waals surface area (Å²) >= 11 is 1.47. The Kier molecular flexibility index (Phi) is 5.56. The summed E-state index contributed by atoms with van der Waals surface area (Å²) in [4.78, 5) is 31.4. The highest BCUT2D eigenvalue weighted by Gasteiger charge is 2.44.